The fraction of sp³-hybridized carbons (Fsp3) is 0.292. The Morgan fingerprint density at radius 1 is 1.29 bits per heavy atom. The van der Waals surface area contributed by atoms with E-state index in [1.807, 2.05) is 6.07 Å². The number of benzene rings is 1. The molecule has 1 fully saturated rings. The number of nitrogens with two attached hydrogens (primary N) is 1. The summed E-state index contributed by atoms with van der Waals surface area (Å²) in [6.07, 6.45) is 4.90. The zero-order chi connectivity index (χ0) is 24.5. The second kappa shape index (κ2) is 9.15. The molecule has 0 aliphatic carbocycles. The minimum Gasteiger partial charge on any atom is -0.382 e. The lowest BCUT2D eigenvalue weighted by Gasteiger charge is -2.32. The lowest BCUT2D eigenvalue weighted by molar-refractivity contribution is 0.178. The van der Waals surface area contributed by atoms with Crippen LogP contribution in [-0.2, 0) is 6.54 Å². The minimum absolute atomic E-state index is 0.0747. The number of amides is 2. The smallest absolute Gasteiger partial charge is 0.317 e. The van der Waals surface area contributed by atoms with Crippen LogP contribution >= 0.6 is 0 Å². The maximum absolute atomic E-state index is 13.7. The van der Waals surface area contributed by atoms with Crippen molar-refractivity contribution in [3.63, 3.8) is 0 Å². The molecule has 178 valence electrons. The molecule has 1 saturated heterocycles. The molecule has 0 radical (unpaired) electrons. The highest BCUT2D eigenvalue weighted by Crippen LogP contribution is 2.29. The summed E-state index contributed by atoms with van der Waals surface area (Å²) in [6.45, 7) is 1.65. The summed E-state index contributed by atoms with van der Waals surface area (Å²) in [4.78, 5) is 22.8. The average molecular weight is 474 g/mol. The highest BCUT2D eigenvalue weighted by atomic mass is 19.1. The predicted octanol–water partition coefficient (Wildman–Crippen LogP) is 2.43. The number of halogens is 1. The van der Waals surface area contributed by atoms with Crippen LogP contribution in [0.15, 0.2) is 36.7 Å². The van der Waals surface area contributed by atoms with E-state index in [1.54, 1.807) is 30.4 Å². The number of nitrogens with one attached hydrogen (secondary N) is 2. The Labute approximate surface area is 200 Å². The first kappa shape index (κ1) is 22.5. The number of hydrogen-bond donors (Lipinski definition) is 3. The monoisotopic (exact) mass is 473 g/mol. The van der Waals surface area contributed by atoms with E-state index in [1.165, 1.54) is 16.6 Å². The lowest BCUT2D eigenvalue weighted by Crippen LogP contribution is -2.47. The number of likely N-dealkylation sites (tertiary alicyclic amines) is 1. The Hall–Kier alpha value is -4.30. The van der Waals surface area contributed by atoms with Gasteiger partial charge in [0.2, 0.25) is 0 Å². The van der Waals surface area contributed by atoms with Gasteiger partial charge in [0.1, 0.15) is 23.3 Å². The number of pyridine rings is 1. The highest BCUT2D eigenvalue weighted by molar-refractivity contribution is 5.87. The van der Waals surface area contributed by atoms with Crippen LogP contribution in [0.25, 0.3) is 27.7 Å². The van der Waals surface area contributed by atoms with Crippen molar-refractivity contribution < 1.29 is 9.18 Å². The van der Waals surface area contributed by atoms with Gasteiger partial charge in [0.05, 0.1) is 17.4 Å². The van der Waals surface area contributed by atoms with Crippen molar-refractivity contribution in [2.24, 2.45) is 0 Å². The summed E-state index contributed by atoms with van der Waals surface area (Å²) >= 11 is 0. The molecule has 4 N–H and O–H groups in total. The molecule has 5 rings (SSSR count). The van der Waals surface area contributed by atoms with Gasteiger partial charge in [-0.2, -0.15) is 14.9 Å². The van der Waals surface area contributed by atoms with Crippen molar-refractivity contribution in [1.29, 1.82) is 5.26 Å². The van der Waals surface area contributed by atoms with Gasteiger partial charge in [-0.15, -0.1) is 0 Å². The maximum atomic E-state index is 13.7. The average Bonchev–Trinajstić information content (AvgIpc) is 3.31. The SMILES string of the molecule is CNC(=O)N1CCC(NCc2nc3c(-c4cnc5ccc(F)cc5c4)cnn3c(N)c2C#N)CC1. The zero-order valence-electron chi connectivity index (χ0n) is 19.1. The van der Waals surface area contributed by atoms with Crippen molar-refractivity contribution in [2.45, 2.75) is 25.4 Å². The summed E-state index contributed by atoms with van der Waals surface area (Å²) in [5.41, 5.74) is 9.66. The fourth-order valence-electron chi connectivity index (χ4n) is 4.45. The second-order valence-corrected chi connectivity index (χ2v) is 8.48. The van der Waals surface area contributed by atoms with Gasteiger partial charge in [-0.05, 0) is 37.1 Å². The number of hydrogen-bond acceptors (Lipinski definition) is 7. The molecule has 0 spiro atoms. The number of nitrogen functional groups attached to an aromatic ring is 1. The molecule has 3 aromatic heterocycles. The Kier molecular flexibility index (Phi) is 5.88. The first-order valence-electron chi connectivity index (χ1n) is 11.3. The third-order valence-corrected chi connectivity index (χ3v) is 6.38. The van der Waals surface area contributed by atoms with Crippen LogP contribution in [0, 0.1) is 17.1 Å². The van der Waals surface area contributed by atoms with Gasteiger partial charge in [-0.3, -0.25) is 4.98 Å². The molecule has 1 aliphatic rings. The lowest BCUT2D eigenvalue weighted by atomic mass is 10.0. The van der Waals surface area contributed by atoms with Gasteiger partial charge in [0, 0.05) is 55.4 Å². The van der Waals surface area contributed by atoms with Crippen molar-refractivity contribution in [3.8, 4) is 17.2 Å². The Bertz CT molecular complexity index is 1470. The van der Waals surface area contributed by atoms with Crippen LogP contribution in [0.3, 0.4) is 0 Å². The Balaban J connectivity index is 1.44. The van der Waals surface area contributed by atoms with Crippen LogP contribution in [-0.4, -0.2) is 56.7 Å². The second-order valence-electron chi connectivity index (χ2n) is 8.48. The van der Waals surface area contributed by atoms with Gasteiger partial charge in [0.15, 0.2) is 5.65 Å². The minimum atomic E-state index is -0.341. The van der Waals surface area contributed by atoms with Crippen LogP contribution in [0.1, 0.15) is 24.1 Å². The van der Waals surface area contributed by atoms with Crippen LogP contribution in [0.5, 0.6) is 0 Å². The number of urea groups is 1. The maximum Gasteiger partial charge on any atom is 0.317 e. The van der Waals surface area contributed by atoms with E-state index >= 15 is 0 Å². The van der Waals surface area contributed by atoms with E-state index in [0.717, 1.165) is 18.4 Å². The van der Waals surface area contributed by atoms with E-state index in [-0.39, 0.29) is 29.3 Å². The molecule has 1 aliphatic heterocycles. The van der Waals surface area contributed by atoms with Crippen LogP contribution in [0.2, 0.25) is 0 Å². The number of anilines is 1. The topological polar surface area (TPSA) is 137 Å². The molecule has 4 heterocycles. The number of carbonyl (C=O) groups is 1. The van der Waals surface area contributed by atoms with Gasteiger partial charge >= 0.3 is 6.03 Å². The molecule has 0 bridgehead atoms. The number of nitrogens with zero attached hydrogens (tertiary/aromatic N) is 6. The number of aromatic nitrogens is 4. The molecule has 35 heavy (non-hydrogen) atoms. The molecule has 0 saturated carbocycles. The molecular weight excluding hydrogens is 449 g/mol. The fourth-order valence-corrected chi connectivity index (χ4v) is 4.45. The van der Waals surface area contributed by atoms with Gasteiger partial charge in [-0.1, -0.05) is 0 Å². The van der Waals surface area contributed by atoms with E-state index in [0.29, 0.717) is 47.4 Å². The van der Waals surface area contributed by atoms with E-state index in [2.05, 4.69) is 26.8 Å². The first-order chi connectivity index (χ1) is 17.0. The van der Waals surface area contributed by atoms with E-state index in [4.69, 9.17) is 10.7 Å². The summed E-state index contributed by atoms with van der Waals surface area (Å²) < 4.78 is 15.2. The molecule has 10 nitrogen and oxygen atoms in total. The van der Waals surface area contributed by atoms with Gasteiger partial charge < -0.3 is 21.3 Å². The normalized spacial score (nSPS) is 14.4. The summed E-state index contributed by atoms with van der Waals surface area (Å²) in [5.74, 6) is -0.137. The summed E-state index contributed by atoms with van der Waals surface area (Å²) in [5, 5.41) is 20.9. The van der Waals surface area contributed by atoms with Crippen molar-refractivity contribution in [1.82, 2.24) is 35.1 Å². The van der Waals surface area contributed by atoms with Crippen molar-refractivity contribution in [3.05, 3.63) is 53.7 Å². The molecule has 1 aromatic carbocycles. The molecule has 0 unspecified atom stereocenters. The third-order valence-electron chi connectivity index (χ3n) is 6.38. The van der Waals surface area contributed by atoms with Crippen molar-refractivity contribution in [2.75, 3.05) is 25.9 Å². The van der Waals surface area contributed by atoms with E-state index in [9.17, 15) is 14.4 Å². The number of piperidine rings is 1. The first-order valence-corrected chi connectivity index (χ1v) is 11.3. The molecule has 4 aromatic rings. The van der Waals surface area contributed by atoms with Crippen LogP contribution < -0.4 is 16.4 Å². The number of rotatable bonds is 4. The Morgan fingerprint density at radius 2 is 2.09 bits per heavy atom. The zero-order valence-corrected chi connectivity index (χ0v) is 19.1. The van der Waals surface area contributed by atoms with Gasteiger partial charge in [-0.25, -0.2) is 14.2 Å². The molecule has 11 heteroatoms. The standard InChI is InChI=1S/C24H24FN9O/c1-28-24(35)33-6-4-17(5-7-33)29-13-21-18(10-26)22(27)34-23(32-21)19(12-31-34)15-8-14-9-16(25)2-3-20(14)30-11-15/h2-3,8-9,11-12,17,29H,4-7,13,27H2,1H3,(H,28,35). The predicted molar refractivity (Wildman–Crippen MR) is 129 cm³/mol. The molecule has 0 atom stereocenters. The number of fused-ring (bicyclic) bond motifs is 2. The van der Waals surface area contributed by atoms with E-state index < -0.39 is 0 Å². The summed E-state index contributed by atoms with van der Waals surface area (Å²) in [6, 6.07) is 8.52. The van der Waals surface area contributed by atoms with Crippen LogP contribution in [0.4, 0.5) is 15.0 Å². The molecular formula is C24H24FN9O. The van der Waals surface area contributed by atoms with Crippen molar-refractivity contribution >= 4 is 28.4 Å². The molecule has 2 amide bonds. The Morgan fingerprint density at radius 3 is 2.83 bits per heavy atom. The van der Waals surface area contributed by atoms with Gasteiger partial charge in [0.25, 0.3) is 0 Å². The highest BCUT2D eigenvalue weighted by Gasteiger charge is 2.23. The largest absolute Gasteiger partial charge is 0.382 e. The third kappa shape index (κ3) is 4.20. The summed E-state index contributed by atoms with van der Waals surface area (Å²) in [7, 11) is 1.62. The number of nitriles is 1. The quantitative estimate of drug-likeness (QED) is 0.414. The number of carbonyl (C=O) groups excluding carboxylic acids is 1.